The number of fused-ring (bicyclic) bond motifs is 1. The third-order valence-corrected chi connectivity index (χ3v) is 6.14. The first kappa shape index (κ1) is 20.3. The number of anilines is 3. The van der Waals surface area contributed by atoms with Crippen molar-refractivity contribution in [2.75, 3.05) is 29.0 Å². The van der Waals surface area contributed by atoms with Gasteiger partial charge in [-0.25, -0.2) is 15.0 Å². The lowest BCUT2D eigenvalue weighted by Crippen LogP contribution is -2.39. The summed E-state index contributed by atoms with van der Waals surface area (Å²) in [4.78, 5) is 16.4. The Labute approximate surface area is 187 Å². The number of nitrogens with one attached hydrogen (secondary N) is 1. The van der Waals surface area contributed by atoms with Gasteiger partial charge in [0.1, 0.15) is 12.2 Å². The van der Waals surface area contributed by atoms with Crippen molar-refractivity contribution < 1.29 is 0 Å². The number of para-hydroxylation sites is 2. The van der Waals surface area contributed by atoms with Gasteiger partial charge in [-0.05, 0) is 38.8 Å². The van der Waals surface area contributed by atoms with E-state index < -0.39 is 0 Å². The highest BCUT2D eigenvalue weighted by molar-refractivity contribution is 5.86. The SMILES string of the molecule is CC(C)n1cc(-c2nc3c(N4CCC(Nc5ccccc5N)CC4)ncnc3n2C)cn1. The predicted octanol–water partition coefficient (Wildman–Crippen LogP) is 3.47. The fourth-order valence-corrected chi connectivity index (χ4v) is 4.30. The van der Waals surface area contributed by atoms with Crippen LogP contribution in [-0.2, 0) is 7.05 Å². The molecule has 0 aliphatic carbocycles. The third kappa shape index (κ3) is 3.63. The van der Waals surface area contributed by atoms with Crippen LogP contribution in [0, 0.1) is 0 Å². The second-order valence-corrected chi connectivity index (χ2v) is 8.66. The van der Waals surface area contributed by atoms with Crippen LogP contribution in [-0.4, -0.2) is 48.4 Å². The standard InChI is InChI=1S/C23H29N9/c1-15(2)32-13-16(12-27-32)21-29-20-22(30(21)3)25-14-26-23(20)31-10-8-17(9-11-31)28-19-7-5-4-6-18(19)24/h4-7,12-15,17,28H,8-11,24H2,1-3H3. The molecule has 0 radical (unpaired) electrons. The molecule has 3 aromatic heterocycles. The van der Waals surface area contributed by atoms with E-state index >= 15 is 0 Å². The van der Waals surface area contributed by atoms with Crippen LogP contribution in [0.15, 0.2) is 43.0 Å². The average Bonchev–Trinajstić information content (AvgIpc) is 3.41. The van der Waals surface area contributed by atoms with E-state index in [1.54, 1.807) is 6.33 Å². The van der Waals surface area contributed by atoms with Crippen LogP contribution in [0.3, 0.4) is 0 Å². The van der Waals surface area contributed by atoms with Gasteiger partial charge in [0, 0.05) is 38.4 Å². The number of piperidine rings is 1. The van der Waals surface area contributed by atoms with E-state index in [9.17, 15) is 0 Å². The van der Waals surface area contributed by atoms with Crippen molar-refractivity contribution in [1.82, 2.24) is 29.3 Å². The van der Waals surface area contributed by atoms with Gasteiger partial charge in [0.25, 0.3) is 0 Å². The lowest BCUT2D eigenvalue weighted by molar-refractivity contribution is 0.524. The number of hydrogen-bond donors (Lipinski definition) is 2. The summed E-state index contributed by atoms with van der Waals surface area (Å²) in [7, 11) is 1.99. The Balaban J connectivity index is 1.37. The zero-order valence-electron chi connectivity index (χ0n) is 18.7. The van der Waals surface area contributed by atoms with Crippen LogP contribution in [0.4, 0.5) is 17.2 Å². The van der Waals surface area contributed by atoms with Crippen molar-refractivity contribution in [1.29, 1.82) is 0 Å². The molecule has 0 unspecified atom stereocenters. The number of rotatable bonds is 5. The molecule has 1 fully saturated rings. The molecule has 0 bridgehead atoms. The summed E-state index contributed by atoms with van der Waals surface area (Å²) in [5.74, 6) is 1.75. The number of aromatic nitrogens is 6. The maximum Gasteiger partial charge on any atom is 0.165 e. The maximum atomic E-state index is 6.09. The highest BCUT2D eigenvalue weighted by atomic mass is 15.3. The molecule has 9 heteroatoms. The van der Waals surface area contributed by atoms with E-state index in [0.717, 1.165) is 65.7 Å². The van der Waals surface area contributed by atoms with Gasteiger partial charge >= 0.3 is 0 Å². The zero-order valence-corrected chi connectivity index (χ0v) is 18.7. The number of benzene rings is 1. The largest absolute Gasteiger partial charge is 0.397 e. The van der Waals surface area contributed by atoms with Crippen molar-refractivity contribution in [2.24, 2.45) is 7.05 Å². The molecular formula is C23H29N9. The van der Waals surface area contributed by atoms with Crippen LogP contribution in [0.2, 0.25) is 0 Å². The van der Waals surface area contributed by atoms with Gasteiger partial charge < -0.3 is 20.5 Å². The molecule has 0 saturated carbocycles. The summed E-state index contributed by atoms with van der Waals surface area (Å²) < 4.78 is 3.97. The smallest absolute Gasteiger partial charge is 0.165 e. The summed E-state index contributed by atoms with van der Waals surface area (Å²) in [6.45, 7) is 6.02. The highest BCUT2D eigenvalue weighted by Gasteiger charge is 2.24. The Morgan fingerprint density at radius 3 is 2.62 bits per heavy atom. The van der Waals surface area contributed by atoms with Crippen LogP contribution >= 0.6 is 0 Å². The first-order valence-corrected chi connectivity index (χ1v) is 11.1. The molecule has 1 aromatic carbocycles. The van der Waals surface area contributed by atoms with E-state index in [1.807, 2.05) is 53.0 Å². The van der Waals surface area contributed by atoms with Crippen molar-refractivity contribution in [2.45, 2.75) is 38.8 Å². The summed E-state index contributed by atoms with van der Waals surface area (Å²) in [6.07, 6.45) is 7.53. The van der Waals surface area contributed by atoms with Crippen LogP contribution in [0.5, 0.6) is 0 Å². The molecule has 3 N–H and O–H groups in total. The minimum absolute atomic E-state index is 0.301. The van der Waals surface area contributed by atoms with Crippen molar-refractivity contribution >= 4 is 28.4 Å². The fourth-order valence-electron chi connectivity index (χ4n) is 4.30. The first-order chi connectivity index (χ1) is 15.5. The minimum Gasteiger partial charge on any atom is -0.397 e. The number of hydrogen-bond acceptors (Lipinski definition) is 7. The normalized spacial score (nSPS) is 15.1. The van der Waals surface area contributed by atoms with E-state index in [-0.39, 0.29) is 0 Å². The number of imidazole rings is 1. The van der Waals surface area contributed by atoms with Crippen molar-refractivity contribution in [3.63, 3.8) is 0 Å². The van der Waals surface area contributed by atoms with Crippen molar-refractivity contribution in [3.05, 3.63) is 43.0 Å². The lowest BCUT2D eigenvalue weighted by atomic mass is 10.0. The fraction of sp³-hybridized carbons (Fsp3) is 0.391. The van der Waals surface area contributed by atoms with Gasteiger partial charge in [0.05, 0.1) is 23.1 Å². The van der Waals surface area contributed by atoms with Gasteiger partial charge in [-0.3, -0.25) is 4.68 Å². The van der Waals surface area contributed by atoms with Gasteiger partial charge in [0.15, 0.2) is 17.0 Å². The Morgan fingerprint density at radius 1 is 1.12 bits per heavy atom. The molecular weight excluding hydrogens is 402 g/mol. The topological polar surface area (TPSA) is 103 Å². The van der Waals surface area contributed by atoms with Gasteiger partial charge in [-0.2, -0.15) is 5.10 Å². The second-order valence-electron chi connectivity index (χ2n) is 8.66. The first-order valence-electron chi connectivity index (χ1n) is 11.1. The van der Waals surface area contributed by atoms with Crippen LogP contribution in [0.25, 0.3) is 22.6 Å². The molecule has 1 aliphatic heterocycles. The molecule has 5 rings (SSSR count). The van der Waals surface area contributed by atoms with E-state index in [2.05, 4.69) is 39.1 Å². The molecule has 0 amide bonds. The highest BCUT2D eigenvalue weighted by Crippen LogP contribution is 2.30. The summed E-state index contributed by atoms with van der Waals surface area (Å²) in [5, 5.41) is 8.06. The molecule has 4 heterocycles. The Kier molecular flexibility index (Phi) is 5.16. The average molecular weight is 432 g/mol. The second kappa shape index (κ2) is 8.14. The van der Waals surface area contributed by atoms with E-state index in [1.165, 1.54) is 0 Å². The van der Waals surface area contributed by atoms with Crippen LogP contribution < -0.4 is 16.0 Å². The van der Waals surface area contributed by atoms with Gasteiger partial charge in [0.2, 0.25) is 0 Å². The molecule has 1 aliphatic rings. The van der Waals surface area contributed by atoms with Crippen LogP contribution in [0.1, 0.15) is 32.7 Å². The number of aryl methyl sites for hydroxylation is 1. The molecule has 4 aromatic rings. The molecule has 1 saturated heterocycles. The zero-order chi connectivity index (χ0) is 22.2. The Morgan fingerprint density at radius 2 is 1.91 bits per heavy atom. The summed E-state index contributed by atoms with van der Waals surface area (Å²) in [6, 6.07) is 8.61. The third-order valence-electron chi connectivity index (χ3n) is 6.14. The predicted molar refractivity (Wildman–Crippen MR) is 128 cm³/mol. The van der Waals surface area contributed by atoms with E-state index in [4.69, 9.17) is 10.7 Å². The van der Waals surface area contributed by atoms with Gasteiger partial charge in [-0.15, -0.1) is 0 Å². The minimum atomic E-state index is 0.301. The molecule has 0 spiro atoms. The van der Waals surface area contributed by atoms with E-state index in [0.29, 0.717) is 12.1 Å². The Bertz CT molecular complexity index is 1230. The summed E-state index contributed by atoms with van der Waals surface area (Å²) >= 11 is 0. The number of nitrogen functional groups attached to an aromatic ring is 1. The molecule has 166 valence electrons. The molecule has 9 nitrogen and oxygen atoms in total. The van der Waals surface area contributed by atoms with Gasteiger partial charge in [-0.1, -0.05) is 12.1 Å². The quantitative estimate of drug-likeness (QED) is 0.466. The molecule has 0 atom stereocenters. The lowest BCUT2D eigenvalue weighted by Gasteiger charge is -2.33. The monoisotopic (exact) mass is 431 g/mol. The molecule has 32 heavy (non-hydrogen) atoms. The van der Waals surface area contributed by atoms with Crippen molar-refractivity contribution in [3.8, 4) is 11.4 Å². The Hall–Kier alpha value is -3.62. The summed E-state index contributed by atoms with van der Waals surface area (Å²) in [5.41, 5.74) is 10.5. The number of nitrogens with two attached hydrogens (primary N) is 1. The number of nitrogens with zero attached hydrogens (tertiary/aromatic N) is 7. The maximum absolute atomic E-state index is 6.09.